The number of fused-ring (bicyclic) bond motifs is 2. The van der Waals surface area contributed by atoms with E-state index in [1.54, 1.807) is 18.2 Å². The number of aryl methyl sites for hydroxylation is 2. The zero-order chi connectivity index (χ0) is 12.5. The Kier molecular flexibility index (Phi) is 2.48. The second-order valence-corrected chi connectivity index (χ2v) is 4.38. The van der Waals surface area contributed by atoms with Gasteiger partial charge in [0.1, 0.15) is 0 Å². The molecule has 1 N–H and O–H groups in total. The average Bonchev–Trinajstić information content (AvgIpc) is 2.56. The van der Waals surface area contributed by atoms with Crippen molar-refractivity contribution in [1.82, 2.24) is 0 Å². The second kappa shape index (κ2) is 4.14. The first-order valence-corrected chi connectivity index (χ1v) is 5.86. The first kappa shape index (κ1) is 10.8. The standard InChI is InChI=1S/C14H12N2O2/c17-16(18)12-7-8-14-11(9-12)6-5-10-3-1-2-4-13(10)15-14/h1-4,7-9,15H,5-6H2. The molecule has 4 nitrogen and oxygen atoms in total. The maximum Gasteiger partial charge on any atom is 0.269 e. The summed E-state index contributed by atoms with van der Waals surface area (Å²) in [5.41, 5.74) is 4.45. The van der Waals surface area contributed by atoms with E-state index in [0.29, 0.717) is 0 Å². The highest BCUT2D eigenvalue weighted by atomic mass is 16.6. The topological polar surface area (TPSA) is 55.2 Å². The molecule has 0 fully saturated rings. The van der Waals surface area contributed by atoms with Crippen molar-refractivity contribution in [2.45, 2.75) is 12.8 Å². The first-order chi connectivity index (χ1) is 8.74. The van der Waals surface area contributed by atoms with Gasteiger partial charge in [0.05, 0.1) is 4.92 Å². The molecule has 0 saturated heterocycles. The van der Waals surface area contributed by atoms with Gasteiger partial charge >= 0.3 is 0 Å². The zero-order valence-corrected chi connectivity index (χ0v) is 9.72. The van der Waals surface area contributed by atoms with Crippen molar-refractivity contribution >= 4 is 17.1 Å². The van der Waals surface area contributed by atoms with E-state index in [9.17, 15) is 10.1 Å². The SMILES string of the molecule is O=[N+]([O-])c1ccc2c(c1)CCc1ccccc1N2. The summed E-state index contributed by atoms with van der Waals surface area (Å²) in [6.07, 6.45) is 1.72. The molecule has 4 heteroatoms. The Bertz CT molecular complexity index is 623. The van der Waals surface area contributed by atoms with Crippen LogP contribution < -0.4 is 5.32 Å². The predicted molar refractivity (Wildman–Crippen MR) is 70.2 cm³/mol. The lowest BCUT2D eigenvalue weighted by Crippen LogP contribution is -1.95. The van der Waals surface area contributed by atoms with E-state index in [4.69, 9.17) is 0 Å². The molecule has 0 atom stereocenters. The molecule has 90 valence electrons. The van der Waals surface area contributed by atoms with Crippen LogP contribution in [0, 0.1) is 10.1 Å². The quantitative estimate of drug-likeness (QED) is 0.613. The predicted octanol–water partition coefficient (Wildman–Crippen LogP) is 3.44. The summed E-state index contributed by atoms with van der Waals surface area (Å²) in [4.78, 5) is 10.4. The van der Waals surface area contributed by atoms with Gasteiger partial charge < -0.3 is 5.32 Å². The van der Waals surface area contributed by atoms with Crippen LogP contribution in [0.25, 0.3) is 0 Å². The molecule has 2 aromatic carbocycles. The molecule has 0 aromatic heterocycles. The van der Waals surface area contributed by atoms with Gasteiger partial charge in [0.25, 0.3) is 5.69 Å². The highest BCUT2D eigenvalue weighted by Gasteiger charge is 2.15. The third-order valence-electron chi connectivity index (χ3n) is 3.25. The van der Waals surface area contributed by atoms with Gasteiger partial charge in [-0.1, -0.05) is 18.2 Å². The number of anilines is 2. The maximum atomic E-state index is 10.8. The fourth-order valence-corrected chi connectivity index (χ4v) is 2.30. The lowest BCUT2D eigenvalue weighted by Gasteiger charge is -2.08. The third kappa shape index (κ3) is 1.82. The highest BCUT2D eigenvalue weighted by Crippen LogP contribution is 2.31. The van der Waals surface area contributed by atoms with Crippen LogP contribution in [0.5, 0.6) is 0 Å². The van der Waals surface area contributed by atoms with Crippen molar-refractivity contribution in [3.05, 3.63) is 63.7 Å². The summed E-state index contributed by atoms with van der Waals surface area (Å²) >= 11 is 0. The molecule has 1 heterocycles. The summed E-state index contributed by atoms with van der Waals surface area (Å²) in [6.45, 7) is 0. The molecule has 1 aliphatic rings. The monoisotopic (exact) mass is 240 g/mol. The minimum absolute atomic E-state index is 0.154. The van der Waals surface area contributed by atoms with Gasteiger partial charge in [0.15, 0.2) is 0 Å². The Hall–Kier alpha value is -2.36. The van der Waals surface area contributed by atoms with Crippen LogP contribution in [0.4, 0.5) is 17.1 Å². The summed E-state index contributed by atoms with van der Waals surface area (Å²) in [7, 11) is 0. The van der Waals surface area contributed by atoms with Gasteiger partial charge in [-0.3, -0.25) is 10.1 Å². The number of nitro groups is 1. The first-order valence-electron chi connectivity index (χ1n) is 5.86. The molecular weight excluding hydrogens is 228 g/mol. The maximum absolute atomic E-state index is 10.8. The second-order valence-electron chi connectivity index (χ2n) is 4.38. The van der Waals surface area contributed by atoms with E-state index in [1.807, 2.05) is 18.2 Å². The van der Waals surface area contributed by atoms with Crippen molar-refractivity contribution < 1.29 is 4.92 Å². The number of nitrogens with zero attached hydrogens (tertiary/aromatic N) is 1. The van der Waals surface area contributed by atoms with Crippen LogP contribution >= 0.6 is 0 Å². The van der Waals surface area contributed by atoms with Crippen LogP contribution in [-0.2, 0) is 12.8 Å². The molecule has 2 aromatic rings. The largest absolute Gasteiger partial charge is 0.355 e. The highest BCUT2D eigenvalue weighted by molar-refractivity contribution is 5.69. The summed E-state index contributed by atoms with van der Waals surface area (Å²) < 4.78 is 0. The number of hydrogen-bond acceptors (Lipinski definition) is 3. The number of non-ortho nitro benzene ring substituents is 1. The number of hydrogen-bond donors (Lipinski definition) is 1. The number of rotatable bonds is 1. The Labute approximate surface area is 104 Å². The summed E-state index contributed by atoms with van der Waals surface area (Å²) in [6, 6.07) is 13.1. The summed E-state index contributed by atoms with van der Waals surface area (Å²) in [5.74, 6) is 0. The molecule has 0 bridgehead atoms. The van der Waals surface area contributed by atoms with Crippen LogP contribution in [-0.4, -0.2) is 4.92 Å². The van der Waals surface area contributed by atoms with E-state index >= 15 is 0 Å². The van der Waals surface area contributed by atoms with Crippen molar-refractivity contribution in [1.29, 1.82) is 0 Å². The van der Waals surface area contributed by atoms with E-state index in [0.717, 1.165) is 29.8 Å². The van der Waals surface area contributed by atoms with Crippen LogP contribution in [0.3, 0.4) is 0 Å². The molecule has 1 aliphatic heterocycles. The molecule has 3 rings (SSSR count). The van der Waals surface area contributed by atoms with Gasteiger partial charge in [-0.05, 0) is 36.1 Å². The number of nitro benzene ring substituents is 1. The smallest absolute Gasteiger partial charge is 0.269 e. The Morgan fingerprint density at radius 1 is 1.00 bits per heavy atom. The van der Waals surface area contributed by atoms with Gasteiger partial charge in [-0.2, -0.15) is 0 Å². The normalized spacial score (nSPS) is 12.9. The molecular formula is C14H12N2O2. The number of para-hydroxylation sites is 1. The Balaban J connectivity index is 2.04. The van der Waals surface area contributed by atoms with Crippen molar-refractivity contribution in [3.63, 3.8) is 0 Å². The lowest BCUT2D eigenvalue weighted by molar-refractivity contribution is -0.384. The van der Waals surface area contributed by atoms with Crippen LogP contribution in [0.1, 0.15) is 11.1 Å². The van der Waals surface area contributed by atoms with E-state index < -0.39 is 0 Å². The average molecular weight is 240 g/mol. The minimum Gasteiger partial charge on any atom is -0.355 e. The molecule has 0 amide bonds. The molecule has 0 radical (unpaired) electrons. The van der Waals surface area contributed by atoms with Crippen molar-refractivity contribution in [2.24, 2.45) is 0 Å². The van der Waals surface area contributed by atoms with E-state index in [1.165, 1.54) is 5.56 Å². The van der Waals surface area contributed by atoms with Crippen molar-refractivity contribution in [2.75, 3.05) is 5.32 Å². The minimum atomic E-state index is -0.349. The molecule has 0 spiro atoms. The number of benzene rings is 2. The molecule has 0 aliphatic carbocycles. The zero-order valence-electron chi connectivity index (χ0n) is 9.72. The molecule has 0 saturated carbocycles. The number of nitrogens with one attached hydrogen (secondary N) is 1. The Morgan fingerprint density at radius 3 is 2.56 bits per heavy atom. The fourth-order valence-electron chi connectivity index (χ4n) is 2.30. The van der Waals surface area contributed by atoms with Gasteiger partial charge in [-0.25, -0.2) is 0 Å². The molecule has 18 heavy (non-hydrogen) atoms. The van der Waals surface area contributed by atoms with E-state index in [2.05, 4.69) is 11.4 Å². The van der Waals surface area contributed by atoms with E-state index in [-0.39, 0.29) is 10.6 Å². The van der Waals surface area contributed by atoms with Gasteiger partial charge in [0.2, 0.25) is 0 Å². The van der Waals surface area contributed by atoms with Crippen LogP contribution in [0.2, 0.25) is 0 Å². The fraction of sp³-hybridized carbons (Fsp3) is 0.143. The molecule has 0 unspecified atom stereocenters. The Morgan fingerprint density at radius 2 is 1.72 bits per heavy atom. The lowest BCUT2D eigenvalue weighted by atomic mass is 10.0. The van der Waals surface area contributed by atoms with Crippen molar-refractivity contribution in [3.8, 4) is 0 Å². The van der Waals surface area contributed by atoms with Gasteiger partial charge in [-0.15, -0.1) is 0 Å². The third-order valence-corrected chi connectivity index (χ3v) is 3.25. The van der Waals surface area contributed by atoms with Gasteiger partial charge in [0, 0.05) is 23.5 Å². The summed E-state index contributed by atoms with van der Waals surface area (Å²) in [5, 5.41) is 14.1. The van der Waals surface area contributed by atoms with Crippen LogP contribution in [0.15, 0.2) is 42.5 Å².